The summed E-state index contributed by atoms with van der Waals surface area (Å²) in [5, 5.41) is 9.09. The second kappa shape index (κ2) is 6.78. The van der Waals surface area contributed by atoms with Crippen LogP contribution >= 0.6 is 11.3 Å². The van der Waals surface area contributed by atoms with Crippen molar-refractivity contribution < 1.29 is 13.2 Å². The maximum absolute atomic E-state index is 12.6. The second-order valence-corrected chi connectivity index (χ2v) is 10.1. The summed E-state index contributed by atoms with van der Waals surface area (Å²) in [6, 6.07) is 8.84. The molecule has 8 heteroatoms. The lowest BCUT2D eigenvalue weighted by molar-refractivity contribution is 0.0951. The van der Waals surface area contributed by atoms with Crippen molar-refractivity contribution in [1.29, 1.82) is 0 Å². The Morgan fingerprint density at radius 3 is 2.89 bits per heavy atom. The van der Waals surface area contributed by atoms with Gasteiger partial charge in [-0.25, -0.2) is 13.6 Å². The number of fused-ring (bicyclic) bond motifs is 3. The zero-order valence-corrected chi connectivity index (χ0v) is 16.5. The molecule has 1 aliphatic rings. The molecular formula is C19H21N3O3S2. The van der Waals surface area contributed by atoms with Crippen molar-refractivity contribution in [2.45, 2.75) is 36.9 Å². The number of benzene rings is 1. The van der Waals surface area contributed by atoms with Gasteiger partial charge in [0, 0.05) is 27.0 Å². The number of hydrogen-bond acceptors (Lipinski definition) is 4. The minimum absolute atomic E-state index is 0.0984. The zero-order chi connectivity index (χ0) is 19.2. The number of nitrogens with one attached hydrogen (secondary N) is 2. The van der Waals surface area contributed by atoms with Crippen LogP contribution in [0, 0.1) is 5.92 Å². The second-order valence-electron chi connectivity index (χ2n) is 7.14. The van der Waals surface area contributed by atoms with E-state index in [1.807, 2.05) is 18.2 Å². The minimum atomic E-state index is -3.70. The number of primary sulfonamides is 1. The van der Waals surface area contributed by atoms with Crippen LogP contribution in [0.1, 0.15) is 39.8 Å². The van der Waals surface area contributed by atoms with Crippen LogP contribution < -0.4 is 10.5 Å². The van der Waals surface area contributed by atoms with E-state index in [1.54, 1.807) is 6.07 Å². The maximum Gasteiger partial charge on any atom is 0.251 e. The van der Waals surface area contributed by atoms with Crippen molar-refractivity contribution in [3.8, 4) is 0 Å². The van der Waals surface area contributed by atoms with E-state index in [0.717, 1.165) is 40.0 Å². The number of amides is 1. The molecule has 1 atom stereocenters. The summed E-state index contributed by atoms with van der Waals surface area (Å²) in [7, 11) is -3.70. The molecule has 2 heterocycles. The van der Waals surface area contributed by atoms with Crippen LogP contribution in [0.15, 0.2) is 34.5 Å². The highest BCUT2D eigenvalue weighted by molar-refractivity contribution is 7.91. The molecule has 4 N–H and O–H groups in total. The number of aromatic nitrogens is 1. The molecule has 0 fully saturated rings. The third-order valence-electron chi connectivity index (χ3n) is 5.04. The van der Waals surface area contributed by atoms with E-state index in [1.165, 1.54) is 23.7 Å². The summed E-state index contributed by atoms with van der Waals surface area (Å²) in [6.07, 6.45) is 3.28. The number of thiophene rings is 1. The largest absolute Gasteiger partial charge is 0.358 e. The Balaban J connectivity index is 1.53. The number of nitrogens with two attached hydrogens (primary N) is 1. The van der Waals surface area contributed by atoms with Gasteiger partial charge in [0.2, 0.25) is 10.0 Å². The van der Waals surface area contributed by atoms with Crippen LogP contribution in [-0.4, -0.2) is 19.3 Å². The first-order chi connectivity index (χ1) is 12.8. The van der Waals surface area contributed by atoms with Crippen molar-refractivity contribution in [3.05, 3.63) is 52.0 Å². The predicted molar refractivity (Wildman–Crippen MR) is 106 cm³/mol. The summed E-state index contributed by atoms with van der Waals surface area (Å²) >= 11 is 1.07. The number of hydrogen-bond donors (Lipinski definition) is 3. The number of aryl methyl sites for hydroxylation is 1. The van der Waals surface area contributed by atoms with E-state index in [0.29, 0.717) is 11.5 Å². The Morgan fingerprint density at radius 2 is 2.15 bits per heavy atom. The van der Waals surface area contributed by atoms with Crippen LogP contribution in [0.4, 0.5) is 0 Å². The minimum Gasteiger partial charge on any atom is -0.358 e. The van der Waals surface area contributed by atoms with Crippen molar-refractivity contribution >= 4 is 38.2 Å². The summed E-state index contributed by atoms with van der Waals surface area (Å²) in [6.45, 7) is 2.52. The molecule has 3 aromatic rings. The molecule has 1 aromatic carbocycles. The molecule has 1 aliphatic carbocycles. The van der Waals surface area contributed by atoms with Gasteiger partial charge in [-0.2, -0.15) is 0 Å². The quantitative estimate of drug-likeness (QED) is 0.624. The Kier molecular flexibility index (Phi) is 4.57. The van der Waals surface area contributed by atoms with Gasteiger partial charge in [-0.1, -0.05) is 6.92 Å². The Hall–Kier alpha value is -2.16. The molecular weight excluding hydrogens is 382 g/mol. The number of H-pyrrole nitrogens is 1. The third kappa shape index (κ3) is 3.65. The van der Waals surface area contributed by atoms with Crippen LogP contribution in [0.2, 0.25) is 0 Å². The predicted octanol–water partition coefficient (Wildman–Crippen LogP) is 2.93. The van der Waals surface area contributed by atoms with Crippen LogP contribution in [0.5, 0.6) is 0 Å². The number of rotatable bonds is 4. The van der Waals surface area contributed by atoms with Gasteiger partial charge in [-0.05, 0) is 61.1 Å². The lowest BCUT2D eigenvalue weighted by Gasteiger charge is -2.18. The monoisotopic (exact) mass is 403 g/mol. The summed E-state index contributed by atoms with van der Waals surface area (Å²) in [5.41, 5.74) is 4.29. The molecule has 27 heavy (non-hydrogen) atoms. The van der Waals surface area contributed by atoms with E-state index in [2.05, 4.69) is 17.2 Å². The van der Waals surface area contributed by atoms with Crippen molar-refractivity contribution in [1.82, 2.24) is 10.3 Å². The molecule has 0 bridgehead atoms. The third-order valence-corrected chi connectivity index (χ3v) is 7.56. The lowest BCUT2D eigenvalue weighted by atomic mass is 9.87. The van der Waals surface area contributed by atoms with Gasteiger partial charge in [0.05, 0.1) is 6.54 Å². The average molecular weight is 404 g/mol. The van der Waals surface area contributed by atoms with Gasteiger partial charge in [-0.15, -0.1) is 11.3 Å². The van der Waals surface area contributed by atoms with Crippen LogP contribution in [-0.2, 0) is 29.4 Å². The molecule has 0 saturated carbocycles. The Bertz CT molecular complexity index is 1130. The summed E-state index contributed by atoms with van der Waals surface area (Å²) in [5.74, 6) is 0.474. The Morgan fingerprint density at radius 1 is 1.33 bits per heavy atom. The first-order valence-electron chi connectivity index (χ1n) is 8.84. The van der Waals surface area contributed by atoms with E-state index < -0.39 is 10.0 Å². The van der Waals surface area contributed by atoms with Gasteiger partial charge in [0.1, 0.15) is 4.21 Å². The van der Waals surface area contributed by atoms with Crippen molar-refractivity contribution in [2.24, 2.45) is 11.1 Å². The Labute approximate surface area is 161 Å². The van der Waals surface area contributed by atoms with Gasteiger partial charge >= 0.3 is 0 Å². The van der Waals surface area contributed by atoms with Gasteiger partial charge in [-0.3, -0.25) is 4.79 Å². The first kappa shape index (κ1) is 18.2. The van der Waals surface area contributed by atoms with Crippen LogP contribution in [0.25, 0.3) is 10.9 Å². The standard InChI is InChI=1S/C19H21N3O3S2/c1-11-2-5-16-14(8-11)15-9-12(3-6-17(15)22-16)19(23)21-10-13-4-7-18(26-13)27(20,24)25/h3-4,6-7,9,11,22H,2,5,8,10H2,1H3,(H,21,23)(H2,20,24,25). The number of carbonyl (C=O) groups excluding carboxylic acids is 1. The van der Waals surface area contributed by atoms with Gasteiger partial charge < -0.3 is 10.3 Å². The number of aromatic amines is 1. The highest BCUT2D eigenvalue weighted by Crippen LogP contribution is 2.32. The number of sulfonamides is 1. The van der Waals surface area contributed by atoms with Gasteiger partial charge in [0.15, 0.2) is 0 Å². The van der Waals surface area contributed by atoms with E-state index >= 15 is 0 Å². The first-order valence-corrected chi connectivity index (χ1v) is 11.2. The molecule has 0 spiro atoms. The maximum atomic E-state index is 12.6. The molecule has 1 unspecified atom stereocenters. The van der Waals surface area contributed by atoms with Crippen molar-refractivity contribution in [2.75, 3.05) is 0 Å². The molecule has 0 aliphatic heterocycles. The highest BCUT2D eigenvalue weighted by atomic mass is 32.2. The SMILES string of the molecule is CC1CCc2[nH]c3ccc(C(=O)NCc4ccc(S(N)(=O)=O)s4)cc3c2C1. The van der Waals surface area contributed by atoms with E-state index in [4.69, 9.17) is 5.14 Å². The fraction of sp³-hybridized carbons (Fsp3) is 0.316. The average Bonchev–Trinajstić information content (AvgIpc) is 3.23. The molecule has 0 saturated heterocycles. The summed E-state index contributed by atoms with van der Waals surface area (Å²) in [4.78, 5) is 16.8. The fourth-order valence-electron chi connectivity index (χ4n) is 3.61. The van der Waals surface area contributed by atoms with Crippen LogP contribution in [0.3, 0.4) is 0 Å². The summed E-state index contributed by atoms with van der Waals surface area (Å²) < 4.78 is 22.8. The van der Waals surface area contributed by atoms with E-state index in [9.17, 15) is 13.2 Å². The zero-order valence-electron chi connectivity index (χ0n) is 14.9. The molecule has 6 nitrogen and oxygen atoms in total. The fourth-order valence-corrected chi connectivity index (χ4v) is 5.33. The topological polar surface area (TPSA) is 105 Å². The van der Waals surface area contributed by atoms with Crippen molar-refractivity contribution in [3.63, 3.8) is 0 Å². The molecule has 4 rings (SSSR count). The highest BCUT2D eigenvalue weighted by Gasteiger charge is 2.20. The molecule has 0 radical (unpaired) electrons. The number of carbonyl (C=O) groups is 1. The molecule has 142 valence electrons. The van der Waals surface area contributed by atoms with Gasteiger partial charge in [0.25, 0.3) is 5.91 Å². The lowest BCUT2D eigenvalue weighted by Crippen LogP contribution is -2.22. The molecule has 2 aromatic heterocycles. The van der Waals surface area contributed by atoms with E-state index in [-0.39, 0.29) is 16.7 Å². The smallest absolute Gasteiger partial charge is 0.251 e. The normalized spacial score (nSPS) is 17.0. The molecule has 1 amide bonds.